The zero-order chi connectivity index (χ0) is 10.8. The van der Waals surface area contributed by atoms with Crippen LogP contribution in [0.3, 0.4) is 0 Å². The maximum absolute atomic E-state index is 11.2. The summed E-state index contributed by atoms with van der Waals surface area (Å²) in [6, 6.07) is 0. The summed E-state index contributed by atoms with van der Waals surface area (Å²) < 4.78 is 11.3. The van der Waals surface area contributed by atoms with Crippen LogP contribution in [-0.2, 0) is 0 Å². The number of aromatic amines is 1. The largest absolute Gasteiger partial charge is 0.474 e. The second-order valence-corrected chi connectivity index (χ2v) is 2.69. The van der Waals surface area contributed by atoms with E-state index in [-0.39, 0.29) is 11.8 Å². The second-order valence-electron chi connectivity index (χ2n) is 2.69. The fraction of sp³-hybridized carbons (Fsp3) is 0.429. The molecule has 0 atom stereocenters. The van der Waals surface area contributed by atoms with Gasteiger partial charge in [0.15, 0.2) is 5.89 Å². The highest BCUT2D eigenvalue weighted by Gasteiger charge is 2.17. The Bertz CT molecular complexity index is 511. The maximum atomic E-state index is 11.2. The van der Waals surface area contributed by atoms with Crippen molar-refractivity contribution in [2.24, 2.45) is 0 Å². The average molecular weight is 211 g/mol. The number of nitrogens with one attached hydrogen (secondary N) is 1. The number of nitrogens with zero attached hydrogens (tertiary/aromatic N) is 4. The Labute approximate surface area is 83.9 Å². The van der Waals surface area contributed by atoms with Gasteiger partial charge in [-0.3, -0.25) is 0 Å². The number of tetrazole rings is 1. The fourth-order valence-electron chi connectivity index (χ4n) is 1.09. The minimum Gasteiger partial charge on any atom is -0.474 e. The minimum absolute atomic E-state index is 0.133. The quantitative estimate of drug-likeness (QED) is 0.745. The predicted octanol–water partition coefficient (Wildman–Crippen LogP) is -0.349. The highest BCUT2D eigenvalue weighted by atomic mass is 16.5. The molecule has 0 unspecified atom stereocenters. The standard InChI is InChI=1S/C7H9N5O3/c1-3-14-5-6(15-4(2)8-5)12-7(13)9-10-11-12/h3H2,1-2H3,(H,9,11,13). The third-order valence-electron chi connectivity index (χ3n) is 1.63. The zero-order valence-corrected chi connectivity index (χ0v) is 8.22. The molecule has 0 aromatic carbocycles. The van der Waals surface area contributed by atoms with Crippen LogP contribution in [0, 0.1) is 6.92 Å². The Kier molecular flexibility index (Phi) is 2.24. The Morgan fingerprint density at radius 1 is 1.60 bits per heavy atom. The summed E-state index contributed by atoms with van der Waals surface area (Å²) in [7, 11) is 0. The smallest absolute Gasteiger partial charge is 0.368 e. The normalized spacial score (nSPS) is 10.5. The van der Waals surface area contributed by atoms with E-state index in [1.807, 2.05) is 0 Å². The molecule has 2 aromatic heterocycles. The van der Waals surface area contributed by atoms with E-state index in [4.69, 9.17) is 9.15 Å². The van der Waals surface area contributed by atoms with Crippen molar-refractivity contribution in [1.29, 1.82) is 0 Å². The van der Waals surface area contributed by atoms with Gasteiger partial charge in [-0.15, -0.1) is 4.68 Å². The van der Waals surface area contributed by atoms with Crippen molar-refractivity contribution in [2.45, 2.75) is 13.8 Å². The van der Waals surface area contributed by atoms with Crippen LogP contribution in [0.15, 0.2) is 9.21 Å². The Hall–Kier alpha value is -2.12. The number of ether oxygens (including phenoxy) is 1. The Balaban J connectivity index is 2.52. The van der Waals surface area contributed by atoms with Crippen molar-refractivity contribution in [3.05, 3.63) is 16.4 Å². The van der Waals surface area contributed by atoms with Crippen LogP contribution in [0.4, 0.5) is 0 Å². The van der Waals surface area contributed by atoms with Gasteiger partial charge in [0.2, 0.25) is 0 Å². The van der Waals surface area contributed by atoms with Crippen LogP contribution in [0.1, 0.15) is 12.8 Å². The van der Waals surface area contributed by atoms with Gasteiger partial charge in [-0.2, -0.15) is 4.98 Å². The third-order valence-corrected chi connectivity index (χ3v) is 1.63. The molecule has 2 heterocycles. The molecule has 15 heavy (non-hydrogen) atoms. The molecular formula is C7H9N5O3. The summed E-state index contributed by atoms with van der Waals surface area (Å²) in [6.45, 7) is 3.88. The lowest BCUT2D eigenvalue weighted by atomic mass is 10.7. The van der Waals surface area contributed by atoms with Gasteiger partial charge in [0.25, 0.3) is 11.8 Å². The lowest BCUT2D eigenvalue weighted by Gasteiger charge is -1.98. The first-order valence-corrected chi connectivity index (χ1v) is 4.33. The molecule has 0 saturated heterocycles. The van der Waals surface area contributed by atoms with Gasteiger partial charge in [-0.05, 0) is 17.4 Å². The Morgan fingerprint density at radius 3 is 3.00 bits per heavy atom. The van der Waals surface area contributed by atoms with Gasteiger partial charge in [0, 0.05) is 6.92 Å². The minimum atomic E-state index is -0.507. The van der Waals surface area contributed by atoms with Gasteiger partial charge in [-0.25, -0.2) is 9.89 Å². The summed E-state index contributed by atoms with van der Waals surface area (Å²) in [5.41, 5.74) is -0.507. The van der Waals surface area contributed by atoms with E-state index in [2.05, 4.69) is 20.5 Å². The summed E-state index contributed by atoms with van der Waals surface area (Å²) in [5.74, 6) is 0.752. The molecule has 8 nitrogen and oxygen atoms in total. The monoisotopic (exact) mass is 211 g/mol. The molecule has 0 aliphatic carbocycles. The summed E-state index contributed by atoms with van der Waals surface area (Å²) in [4.78, 5) is 15.2. The average Bonchev–Trinajstić information content (AvgIpc) is 2.73. The number of hydrogen-bond acceptors (Lipinski definition) is 6. The summed E-state index contributed by atoms with van der Waals surface area (Å²) in [6.07, 6.45) is 0. The molecule has 8 heteroatoms. The molecule has 2 aromatic rings. The first-order chi connectivity index (χ1) is 7.22. The maximum Gasteiger partial charge on any atom is 0.368 e. The van der Waals surface area contributed by atoms with Crippen molar-refractivity contribution in [2.75, 3.05) is 6.61 Å². The van der Waals surface area contributed by atoms with E-state index in [1.165, 1.54) is 0 Å². The topological polar surface area (TPSA) is 98.8 Å². The van der Waals surface area contributed by atoms with Gasteiger partial charge in [0.1, 0.15) is 0 Å². The Morgan fingerprint density at radius 2 is 2.40 bits per heavy atom. The molecule has 0 amide bonds. The van der Waals surface area contributed by atoms with Crippen LogP contribution in [-0.4, -0.2) is 31.8 Å². The van der Waals surface area contributed by atoms with Crippen molar-refractivity contribution in [3.8, 4) is 11.8 Å². The summed E-state index contributed by atoms with van der Waals surface area (Å²) >= 11 is 0. The lowest BCUT2D eigenvalue weighted by molar-refractivity contribution is 0.321. The number of aryl methyl sites for hydroxylation is 1. The number of hydrogen-bond donors (Lipinski definition) is 1. The lowest BCUT2D eigenvalue weighted by Crippen LogP contribution is -2.16. The van der Waals surface area contributed by atoms with E-state index in [0.717, 1.165) is 4.68 Å². The molecule has 0 radical (unpaired) electrons. The van der Waals surface area contributed by atoms with Crippen molar-refractivity contribution in [3.63, 3.8) is 0 Å². The predicted molar refractivity (Wildman–Crippen MR) is 47.9 cm³/mol. The van der Waals surface area contributed by atoms with E-state index in [0.29, 0.717) is 12.5 Å². The highest BCUT2D eigenvalue weighted by Crippen LogP contribution is 2.20. The van der Waals surface area contributed by atoms with Gasteiger partial charge >= 0.3 is 5.69 Å². The molecule has 0 saturated carbocycles. The number of oxazole rings is 1. The van der Waals surface area contributed by atoms with Crippen molar-refractivity contribution < 1.29 is 9.15 Å². The van der Waals surface area contributed by atoms with Gasteiger partial charge in [-0.1, -0.05) is 0 Å². The number of rotatable bonds is 3. The van der Waals surface area contributed by atoms with Gasteiger partial charge in [0.05, 0.1) is 6.61 Å². The van der Waals surface area contributed by atoms with Crippen LogP contribution >= 0.6 is 0 Å². The molecule has 0 fully saturated rings. The van der Waals surface area contributed by atoms with E-state index < -0.39 is 5.69 Å². The van der Waals surface area contributed by atoms with Crippen molar-refractivity contribution >= 4 is 0 Å². The van der Waals surface area contributed by atoms with E-state index >= 15 is 0 Å². The van der Waals surface area contributed by atoms with Crippen LogP contribution in [0.25, 0.3) is 5.88 Å². The van der Waals surface area contributed by atoms with Crippen molar-refractivity contribution in [1.82, 2.24) is 25.2 Å². The molecule has 80 valence electrons. The molecular weight excluding hydrogens is 202 g/mol. The number of H-pyrrole nitrogens is 1. The van der Waals surface area contributed by atoms with E-state index in [9.17, 15) is 4.79 Å². The molecule has 2 rings (SSSR count). The number of aromatic nitrogens is 5. The van der Waals surface area contributed by atoms with E-state index in [1.54, 1.807) is 13.8 Å². The van der Waals surface area contributed by atoms with Gasteiger partial charge < -0.3 is 9.15 Å². The molecule has 0 bridgehead atoms. The highest BCUT2D eigenvalue weighted by molar-refractivity contribution is 5.30. The van der Waals surface area contributed by atoms with Crippen LogP contribution < -0.4 is 10.4 Å². The zero-order valence-electron chi connectivity index (χ0n) is 8.22. The molecule has 0 spiro atoms. The molecule has 0 aliphatic heterocycles. The molecule has 1 N–H and O–H groups in total. The second kappa shape index (κ2) is 3.56. The van der Waals surface area contributed by atoms with Crippen LogP contribution in [0.5, 0.6) is 5.88 Å². The first-order valence-electron chi connectivity index (χ1n) is 4.33. The molecule has 0 aliphatic rings. The third kappa shape index (κ3) is 1.60. The van der Waals surface area contributed by atoms with Crippen LogP contribution in [0.2, 0.25) is 0 Å². The summed E-state index contributed by atoms with van der Waals surface area (Å²) in [5, 5.41) is 9.02. The SMILES string of the molecule is CCOc1nc(C)oc1-n1nn[nH]c1=O. The first kappa shape index (κ1) is 9.44. The fourth-order valence-corrected chi connectivity index (χ4v) is 1.09.